The molecule has 15 heavy (non-hydrogen) atoms. The van der Waals surface area contributed by atoms with Crippen molar-refractivity contribution in [1.82, 2.24) is 0 Å². The van der Waals surface area contributed by atoms with Crippen LogP contribution in [0.2, 0.25) is 0 Å². The molecular weight excluding hydrogens is 303 g/mol. The van der Waals surface area contributed by atoms with Crippen molar-refractivity contribution in [2.75, 3.05) is 7.11 Å². The van der Waals surface area contributed by atoms with E-state index in [1.54, 1.807) is 0 Å². The minimum Gasteiger partial charge on any atom is -0.465 e. The molecule has 0 aliphatic heterocycles. The van der Waals surface area contributed by atoms with Gasteiger partial charge in [0.05, 0.1) is 10.7 Å². The van der Waals surface area contributed by atoms with Crippen LogP contribution in [0.5, 0.6) is 0 Å². The van der Waals surface area contributed by atoms with E-state index in [2.05, 4.69) is 28.7 Å². The number of methoxy groups -OCH3 is 1. The van der Waals surface area contributed by atoms with Gasteiger partial charge < -0.3 is 4.74 Å². The molecule has 0 spiro atoms. The summed E-state index contributed by atoms with van der Waals surface area (Å²) in [6, 6.07) is 0. The van der Waals surface area contributed by atoms with Gasteiger partial charge in [0.2, 0.25) is 0 Å². The van der Waals surface area contributed by atoms with E-state index in [0.29, 0.717) is 5.92 Å². The van der Waals surface area contributed by atoms with Gasteiger partial charge in [-0.2, -0.15) is 0 Å². The molecule has 1 rings (SSSR count). The van der Waals surface area contributed by atoms with Gasteiger partial charge in [0.25, 0.3) is 0 Å². The maximum atomic E-state index is 11.2. The Morgan fingerprint density at radius 2 is 1.73 bits per heavy atom. The second kappa shape index (κ2) is 7.25. The monoisotopic (exact) mass is 322 g/mol. The number of allylic oxidation sites excluding steroid dienone is 1. The molecule has 1 aliphatic rings. The second-order valence-electron chi connectivity index (χ2n) is 4.11. The van der Waals surface area contributed by atoms with Crippen molar-refractivity contribution in [3.05, 3.63) is 9.66 Å². The van der Waals surface area contributed by atoms with Crippen LogP contribution in [0, 0.1) is 5.92 Å². The van der Waals surface area contributed by atoms with Crippen molar-refractivity contribution >= 4 is 28.6 Å². The van der Waals surface area contributed by atoms with E-state index in [1.807, 2.05) is 0 Å². The Bertz CT molecular complexity index is 228. The zero-order chi connectivity index (χ0) is 11.1. The van der Waals surface area contributed by atoms with Crippen LogP contribution < -0.4 is 0 Å². The Balaban J connectivity index is 2.49. The first kappa shape index (κ1) is 13.0. The molecule has 0 N–H and O–H groups in total. The molecule has 0 heterocycles. The van der Waals surface area contributed by atoms with E-state index in [0.717, 1.165) is 3.58 Å². The van der Waals surface area contributed by atoms with Crippen LogP contribution in [0.25, 0.3) is 0 Å². The van der Waals surface area contributed by atoms with Crippen molar-refractivity contribution in [3.8, 4) is 0 Å². The maximum Gasteiger partial charge on any atom is 0.343 e. The third kappa shape index (κ3) is 5.00. The van der Waals surface area contributed by atoms with Gasteiger partial charge in [-0.15, -0.1) is 0 Å². The van der Waals surface area contributed by atoms with Crippen molar-refractivity contribution < 1.29 is 9.53 Å². The number of halogens is 1. The number of hydrogen-bond acceptors (Lipinski definition) is 2. The van der Waals surface area contributed by atoms with Gasteiger partial charge in [0.1, 0.15) is 0 Å². The predicted molar refractivity (Wildman–Crippen MR) is 69.9 cm³/mol. The second-order valence-corrected chi connectivity index (χ2v) is 5.27. The number of carbonyl (C=O) groups excluding carboxylic acids is 1. The number of esters is 1. The van der Waals surface area contributed by atoms with Crippen molar-refractivity contribution in [1.29, 1.82) is 0 Å². The Kier molecular flexibility index (Phi) is 6.29. The molecule has 0 amide bonds. The van der Waals surface area contributed by atoms with Gasteiger partial charge in [-0.25, -0.2) is 4.79 Å². The number of carbonyl (C=O) groups is 1. The predicted octanol–water partition coefficient (Wildman–Crippen LogP) is 3.84. The molecule has 0 atom stereocenters. The van der Waals surface area contributed by atoms with Crippen LogP contribution >= 0.6 is 22.6 Å². The minimum absolute atomic E-state index is 0.197. The van der Waals surface area contributed by atoms with Crippen LogP contribution in [0.1, 0.15) is 44.9 Å². The van der Waals surface area contributed by atoms with E-state index < -0.39 is 0 Å². The van der Waals surface area contributed by atoms with Crippen molar-refractivity contribution in [2.24, 2.45) is 5.92 Å². The molecule has 0 aromatic rings. The lowest BCUT2D eigenvalue weighted by Crippen LogP contribution is -2.05. The zero-order valence-electron chi connectivity index (χ0n) is 9.30. The molecule has 86 valence electrons. The fourth-order valence-electron chi connectivity index (χ4n) is 2.03. The molecule has 0 saturated heterocycles. The normalized spacial score (nSPS) is 20.5. The smallest absolute Gasteiger partial charge is 0.343 e. The highest BCUT2D eigenvalue weighted by Gasteiger charge is 2.12. The number of rotatable bonds is 2. The average molecular weight is 322 g/mol. The van der Waals surface area contributed by atoms with E-state index in [9.17, 15) is 4.79 Å². The summed E-state index contributed by atoms with van der Waals surface area (Å²) in [5.74, 6) is 0.383. The Hall–Kier alpha value is -0.0600. The van der Waals surface area contributed by atoms with Crippen molar-refractivity contribution in [2.45, 2.75) is 44.9 Å². The molecule has 0 aromatic carbocycles. The molecule has 3 heteroatoms. The van der Waals surface area contributed by atoms with E-state index in [-0.39, 0.29) is 5.97 Å². The van der Waals surface area contributed by atoms with Gasteiger partial charge in [-0.3, -0.25) is 0 Å². The molecule has 0 radical (unpaired) electrons. The summed E-state index contributed by atoms with van der Waals surface area (Å²) in [6.07, 6.45) is 11.2. The molecule has 0 aromatic heterocycles. The molecular formula is C12H19IO2. The topological polar surface area (TPSA) is 26.3 Å². The highest BCUT2D eigenvalue weighted by atomic mass is 127. The summed E-state index contributed by atoms with van der Waals surface area (Å²) in [5.41, 5.74) is 0. The summed E-state index contributed by atoms with van der Waals surface area (Å²) in [4.78, 5) is 11.2. The summed E-state index contributed by atoms with van der Waals surface area (Å²) in [5, 5.41) is 0. The van der Waals surface area contributed by atoms with E-state index in [4.69, 9.17) is 4.74 Å². The first-order chi connectivity index (χ1) is 7.24. The van der Waals surface area contributed by atoms with Gasteiger partial charge in [0, 0.05) is 0 Å². The van der Waals surface area contributed by atoms with E-state index in [1.165, 1.54) is 52.1 Å². The summed E-state index contributed by atoms with van der Waals surface area (Å²) >= 11 is 2.08. The van der Waals surface area contributed by atoms with Gasteiger partial charge in [-0.05, 0) is 41.4 Å². The largest absolute Gasteiger partial charge is 0.465 e. The first-order valence-electron chi connectivity index (χ1n) is 5.69. The SMILES string of the molecule is COC(=O)/C(I)=C\C1CCCCCCC1. The third-order valence-electron chi connectivity index (χ3n) is 2.91. The van der Waals surface area contributed by atoms with Crippen LogP contribution in [-0.4, -0.2) is 13.1 Å². The lowest BCUT2D eigenvalue weighted by molar-refractivity contribution is -0.135. The first-order valence-corrected chi connectivity index (χ1v) is 6.77. The standard InChI is InChI=1S/C12H19IO2/c1-15-12(14)11(13)9-10-7-5-3-2-4-6-8-10/h9-10H,2-8H2,1H3/b11-9+. The summed E-state index contributed by atoms with van der Waals surface area (Å²) in [7, 11) is 1.44. The lowest BCUT2D eigenvalue weighted by atomic mass is 9.91. The quantitative estimate of drug-likeness (QED) is 0.439. The van der Waals surface area contributed by atoms with Crippen LogP contribution in [0.3, 0.4) is 0 Å². The zero-order valence-corrected chi connectivity index (χ0v) is 11.5. The van der Waals surface area contributed by atoms with Crippen LogP contribution in [-0.2, 0) is 9.53 Å². The highest BCUT2D eigenvalue weighted by Crippen LogP contribution is 2.25. The van der Waals surface area contributed by atoms with E-state index >= 15 is 0 Å². The minimum atomic E-state index is -0.197. The van der Waals surface area contributed by atoms with Crippen molar-refractivity contribution in [3.63, 3.8) is 0 Å². The van der Waals surface area contributed by atoms with Gasteiger partial charge >= 0.3 is 5.97 Å². The molecule has 1 fully saturated rings. The molecule has 0 unspecified atom stereocenters. The Labute approximate surface area is 106 Å². The number of ether oxygens (including phenoxy) is 1. The van der Waals surface area contributed by atoms with Crippen LogP contribution in [0.15, 0.2) is 9.66 Å². The third-order valence-corrected chi connectivity index (χ3v) is 3.71. The molecule has 1 saturated carbocycles. The van der Waals surface area contributed by atoms with Crippen LogP contribution in [0.4, 0.5) is 0 Å². The molecule has 2 nitrogen and oxygen atoms in total. The number of hydrogen-bond donors (Lipinski definition) is 0. The summed E-state index contributed by atoms with van der Waals surface area (Å²) < 4.78 is 5.43. The van der Waals surface area contributed by atoms with Gasteiger partial charge in [0.15, 0.2) is 0 Å². The fraction of sp³-hybridized carbons (Fsp3) is 0.750. The lowest BCUT2D eigenvalue weighted by Gasteiger charge is -2.16. The summed E-state index contributed by atoms with van der Waals surface area (Å²) in [6.45, 7) is 0. The highest BCUT2D eigenvalue weighted by molar-refractivity contribution is 14.1. The average Bonchev–Trinajstić information content (AvgIpc) is 2.20. The molecule has 1 aliphatic carbocycles. The fourth-order valence-corrected chi connectivity index (χ4v) is 2.76. The maximum absolute atomic E-state index is 11.2. The Morgan fingerprint density at radius 3 is 2.27 bits per heavy atom. The molecule has 0 bridgehead atoms. The van der Waals surface area contributed by atoms with Gasteiger partial charge in [-0.1, -0.05) is 38.2 Å². The Morgan fingerprint density at radius 1 is 1.20 bits per heavy atom.